The van der Waals surface area contributed by atoms with Gasteiger partial charge in [-0.05, 0) is 31.5 Å². The van der Waals surface area contributed by atoms with Gasteiger partial charge in [-0.3, -0.25) is 10.1 Å². The summed E-state index contributed by atoms with van der Waals surface area (Å²) in [6.07, 6.45) is 1.09. The zero-order valence-corrected chi connectivity index (χ0v) is 11.8. The molecule has 0 aliphatic heterocycles. The first kappa shape index (κ1) is 15.4. The third-order valence-corrected chi connectivity index (χ3v) is 2.75. The van der Waals surface area contributed by atoms with Crippen molar-refractivity contribution in [3.8, 4) is 5.75 Å². The van der Waals surface area contributed by atoms with Crippen LogP contribution in [0.2, 0.25) is 0 Å². The molecular weight excluding hydrogens is 244 g/mol. The van der Waals surface area contributed by atoms with Crippen molar-refractivity contribution in [2.24, 2.45) is 5.92 Å². The normalized spacial score (nSPS) is 12.2. The van der Waals surface area contributed by atoms with Crippen LogP contribution in [0.5, 0.6) is 5.75 Å². The van der Waals surface area contributed by atoms with Crippen molar-refractivity contribution in [3.63, 3.8) is 0 Å². The summed E-state index contributed by atoms with van der Waals surface area (Å²) >= 11 is 0. The average Bonchev–Trinajstić information content (AvgIpc) is 2.37. The van der Waals surface area contributed by atoms with E-state index in [9.17, 15) is 10.1 Å². The van der Waals surface area contributed by atoms with Gasteiger partial charge in [0, 0.05) is 18.5 Å². The third-order valence-electron chi connectivity index (χ3n) is 2.75. The van der Waals surface area contributed by atoms with Crippen LogP contribution in [0.15, 0.2) is 18.2 Å². The molecule has 5 nitrogen and oxygen atoms in total. The molecule has 0 aliphatic carbocycles. The molecule has 19 heavy (non-hydrogen) atoms. The van der Waals surface area contributed by atoms with Crippen LogP contribution in [0, 0.1) is 23.0 Å². The summed E-state index contributed by atoms with van der Waals surface area (Å²) < 4.78 is 5.56. The summed E-state index contributed by atoms with van der Waals surface area (Å²) in [6, 6.07) is 5.03. The van der Waals surface area contributed by atoms with E-state index < -0.39 is 4.92 Å². The molecule has 1 aromatic rings. The summed E-state index contributed by atoms with van der Waals surface area (Å²) in [5.74, 6) is 0.658. The van der Waals surface area contributed by atoms with Crippen molar-refractivity contribution < 1.29 is 9.66 Å². The number of hydrogen-bond acceptors (Lipinski definition) is 4. The van der Waals surface area contributed by atoms with E-state index in [1.807, 2.05) is 13.0 Å². The minimum Gasteiger partial charge on any atom is -0.486 e. The quantitative estimate of drug-likeness (QED) is 0.446. The maximum absolute atomic E-state index is 10.9. The van der Waals surface area contributed by atoms with Crippen LogP contribution in [0.25, 0.3) is 0 Å². The first-order valence-electron chi connectivity index (χ1n) is 6.63. The molecule has 1 aromatic carbocycles. The van der Waals surface area contributed by atoms with E-state index in [0.717, 1.165) is 25.1 Å². The zero-order valence-electron chi connectivity index (χ0n) is 11.8. The molecule has 0 aromatic heterocycles. The highest BCUT2D eigenvalue weighted by molar-refractivity contribution is 5.48. The molecule has 0 amide bonds. The highest BCUT2D eigenvalue weighted by Gasteiger charge is 2.15. The van der Waals surface area contributed by atoms with Crippen LogP contribution in [0.3, 0.4) is 0 Å². The van der Waals surface area contributed by atoms with Gasteiger partial charge in [0.1, 0.15) is 0 Å². The van der Waals surface area contributed by atoms with E-state index in [-0.39, 0.29) is 5.69 Å². The minimum atomic E-state index is -0.400. The molecule has 0 bridgehead atoms. The van der Waals surface area contributed by atoms with Crippen molar-refractivity contribution >= 4 is 5.69 Å². The van der Waals surface area contributed by atoms with Gasteiger partial charge in [-0.1, -0.05) is 19.9 Å². The largest absolute Gasteiger partial charge is 0.486 e. The Hall–Kier alpha value is -1.62. The smallest absolute Gasteiger partial charge is 0.311 e. The van der Waals surface area contributed by atoms with E-state index >= 15 is 0 Å². The molecule has 0 saturated heterocycles. The topological polar surface area (TPSA) is 64.4 Å². The summed E-state index contributed by atoms with van der Waals surface area (Å²) in [4.78, 5) is 10.5. The Labute approximate surface area is 114 Å². The molecule has 0 spiro atoms. The Morgan fingerprint density at radius 3 is 2.84 bits per heavy atom. The molecule has 1 N–H and O–H groups in total. The molecule has 5 heteroatoms. The Bertz CT molecular complexity index is 421. The maximum atomic E-state index is 10.9. The van der Waals surface area contributed by atoms with Gasteiger partial charge in [-0.15, -0.1) is 0 Å². The number of nitro benzene ring substituents is 1. The van der Waals surface area contributed by atoms with Crippen LogP contribution in [-0.2, 0) is 0 Å². The van der Waals surface area contributed by atoms with Gasteiger partial charge in [-0.25, -0.2) is 0 Å². The highest BCUT2D eigenvalue weighted by Crippen LogP contribution is 2.27. The van der Waals surface area contributed by atoms with Crippen LogP contribution < -0.4 is 10.1 Å². The lowest BCUT2D eigenvalue weighted by Gasteiger charge is -2.14. The highest BCUT2D eigenvalue weighted by atomic mass is 16.6. The number of nitro groups is 1. The van der Waals surface area contributed by atoms with Gasteiger partial charge in [-0.2, -0.15) is 0 Å². The number of benzene rings is 1. The number of nitrogens with zero attached hydrogens (tertiary/aromatic N) is 1. The van der Waals surface area contributed by atoms with Crippen LogP contribution in [0.1, 0.15) is 25.8 Å². The first-order valence-corrected chi connectivity index (χ1v) is 6.63. The standard InChI is InChI=1S/C14H22N2O3/c1-4-7-15-9-12(3)10-19-14-6-5-11(2)8-13(14)16(17)18/h5-6,8,12,15H,4,7,9-10H2,1-3H3. The van der Waals surface area contributed by atoms with Gasteiger partial charge in [0.05, 0.1) is 11.5 Å². The molecule has 0 fully saturated rings. The second kappa shape index (κ2) is 7.74. The lowest BCUT2D eigenvalue weighted by atomic mass is 10.2. The number of aryl methyl sites for hydroxylation is 1. The molecule has 0 heterocycles. The first-order chi connectivity index (χ1) is 9.04. The van der Waals surface area contributed by atoms with Gasteiger partial charge in [0.25, 0.3) is 0 Å². The lowest BCUT2D eigenvalue weighted by molar-refractivity contribution is -0.385. The van der Waals surface area contributed by atoms with Crippen LogP contribution in [-0.4, -0.2) is 24.6 Å². The van der Waals surface area contributed by atoms with Gasteiger partial charge >= 0.3 is 5.69 Å². The van der Waals surface area contributed by atoms with Crippen LogP contribution >= 0.6 is 0 Å². The second-order valence-electron chi connectivity index (χ2n) is 4.85. The Balaban J connectivity index is 2.55. The van der Waals surface area contributed by atoms with E-state index in [1.54, 1.807) is 6.07 Å². The molecule has 1 rings (SSSR count). The van der Waals surface area contributed by atoms with Gasteiger partial charge in [0.2, 0.25) is 0 Å². The van der Waals surface area contributed by atoms with Crippen molar-refractivity contribution in [2.75, 3.05) is 19.7 Å². The lowest BCUT2D eigenvalue weighted by Crippen LogP contribution is -2.25. The molecule has 106 valence electrons. The van der Waals surface area contributed by atoms with E-state index in [2.05, 4.69) is 19.2 Å². The van der Waals surface area contributed by atoms with Crippen molar-refractivity contribution in [1.82, 2.24) is 5.32 Å². The molecule has 1 unspecified atom stereocenters. The maximum Gasteiger partial charge on any atom is 0.311 e. The SMILES string of the molecule is CCCNCC(C)COc1ccc(C)cc1[N+](=O)[O-]. The average molecular weight is 266 g/mol. The van der Waals surface area contributed by atoms with E-state index in [0.29, 0.717) is 18.3 Å². The fraction of sp³-hybridized carbons (Fsp3) is 0.571. The molecular formula is C14H22N2O3. The minimum absolute atomic E-state index is 0.0358. The van der Waals surface area contributed by atoms with E-state index in [1.165, 1.54) is 6.07 Å². The summed E-state index contributed by atoms with van der Waals surface area (Å²) in [7, 11) is 0. The number of hydrogen-bond donors (Lipinski definition) is 1. The van der Waals surface area contributed by atoms with E-state index in [4.69, 9.17) is 4.74 Å². The number of rotatable bonds is 8. The summed E-state index contributed by atoms with van der Waals surface area (Å²) in [5, 5.41) is 14.2. The fourth-order valence-corrected chi connectivity index (χ4v) is 1.71. The number of nitrogens with one attached hydrogen (secondary N) is 1. The number of ether oxygens (including phenoxy) is 1. The molecule has 0 aliphatic rings. The second-order valence-corrected chi connectivity index (χ2v) is 4.85. The van der Waals surface area contributed by atoms with Gasteiger partial charge < -0.3 is 10.1 Å². The predicted molar refractivity (Wildman–Crippen MR) is 75.7 cm³/mol. The Morgan fingerprint density at radius 2 is 2.21 bits per heavy atom. The third kappa shape index (κ3) is 5.26. The Morgan fingerprint density at radius 1 is 1.47 bits per heavy atom. The zero-order chi connectivity index (χ0) is 14.3. The van der Waals surface area contributed by atoms with Gasteiger partial charge in [0.15, 0.2) is 5.75 Å². The van der Waals surface area contributed by atoms with Crippen molar-refractivity contribution in [2.45, 2.75) is 27.2 Å². The molecule has 0 radical (unpaired) electrons. The van der Waals surface area contributed by atoms with Crippen LogP contribution in [0.4, 0.5) is 5.69 Å². The Kier molecular flexibility index (Phi) is 6.29. The fourth-order valence-electron chi connectivity index (χ4n) is 1.71. The molecule has 1 atom stereocenters. The molecule has 0 saturated carbocycles. The summed E-state index contributed by atoms with van der Waals surface area (Å²) in [6.45, 7) is 8.31. The van der Waals surface area contributed by atoms with Crippen molar-refractivity contribution in [3.05, 3.63) is 33.9 Å². The van der Waals surface area contributed by atoms with Crippen molar-refractivity contribution in [1.29, 1.82) is 0 Å². The summed E-state index contributed by atoms with van der Waals surface area (Å²) in [5.41, 5.74) is 0.894. The monoisotopic (exact) mass is 266 g/mol. The predicted octanol–water partition coefficient (Wildman–Crippen LogP) is 2.92.